The third kappa shape index (κ3) is 38.5. The molecule has 0 unspecified atom stereocenters. The van der Waals surface area contributed by atoms with Crippen molar-refractivity contribution in [3.05, 3.63) is 83.5 Å². The zero-order valence-electron chi connectivity index (χ0n) is 67.4. The standard InChI is InChI=1S/C15H22N5O9P.C11H17N5O2P.C9H14N5O5P.C9H13N5O4P.C8H10N5O.C5H4N5.C4H6O3.4Y/c1-9(4-20-5-17-12-13(20)18-15(16)19-14(12)23)27-8-30(24,28-6-25-10(2)21)29-7-26-11(3)22;1-8(18-7-19(2,3)17)5-16-6-14-9-4-13-11(12)15-10(9)16;1-5(19-4-20(16,17)18)2-14-3-11-6-7(14)12-9(10)13-8(6)15;1-6(18-5-19(15,16)17)3-14-4-12-7-2-11-9(10)13-8(7)14;1-5(14)3-13-4-11-6-2-10-8(9)12-7(6)13;6-5-7-1-3-4(10-5)9-2-8-3;1-3-2-6-4(5)7-3;;;;/h5,9H,4,6-8H2,1-3H3,(H3,16,18,19,23);6,8H,5,7H2,1-3H3,(H2,12,13,15);3,5H,2,4H2,1H3,(H2,16,17,18)(H3,10,12,13,15);4,6H,3,5H2,1H3,(H2,10,11,13)(H2,15,16,17);4-5,14H,3H2,1H3,(H2,9,10,12);2H,(H3,6,7,8,9,10);3H,2H2,1H3;;;;/q;-1;;3*-1;;;;;/t9-;8-;5-;6-;5-;;3-;;;;/m11111.1..../s1. The number of rotatable bonds is 28. The molecule has 6 atom stereocenters. The monoisotopic (exact) mass is 2100 g/mol. The van der Waals surface area contributed by atoms with Gasteiger partial charge in [0.2, 0.25) is 25.5 Å². The second-order valence-corrected chi connectivity index (χ2v) is 34.2. The summed E-state index contributed by atoms with van der Waals surface area (Å²) in [6.45, 7) is 16.9. The smallest absolute Gasteiger partial charge is 0.438 e. The molecule has 0 amide bonds. The molecule has 1 saturated heterocycles. The largest absolute Gasteiger partial charge is 0.508 e. The second-order valence-electron chi connectivity index (χ2n) is 25.7. The molecular weight excluding hydrogens is 2020 g/mol. The molecule has 1 fully saturated rings. The van der Waals surface area contributed by atoms with Gasteiger partial charge in [0, 0.05) is 198 Å². The van der Waals surface area contributed by atoms with Gasteiger partial charge in [0.05, 0.1) is 93.6 Å². The number of nitrogens with zero attached hydrogens (tertiary/aromatic N) is 21. The molecule has 0 aliphatic carbocycles. The minimum Gasteiger partial charge on any atom is -0.438 e. The van der Waals surface area contributed by atoms with Crippen molar-refractivity contribution in [3.8, 4) is 0 Å². The number of hydrogen-bond donors (Lipinski definition) is 14. The van der Waals surface area contributed by atoms with Crippen LogP contribution in [-0.2, 0) is 238 Å². The van der Waals surface area contributed by atoms with E-state index in [0.717, 1.165) is 13.8 Å². The Bertz CT molecular complexity index is 5590. The number of aliphatic hydroxyl groups excluding tert-OH is 1. The van der Waals surface area contributed by atoms with E-state index in [-0.39, 0.29) is 220 Å². The summed E-state index contributed by atoms with van der Waals surface area (Å²) in [5.74, 6) is -0.802. The zero-order valence-corrected chi connectivity index (χ0v) is 82.3. The number of anilines is 6. The molecule has 4 radical (unpaired) electrons. The first-order valence-electron chi connectivity index (χ1n) is 34.5. The summed E-state index contributed by atoms with van der Waals surface area (Å²) in [6.07, 6.45) is 15.5. The van der Waals surface area contributed by atoms with Gasteiger partial charge in [-0.25, -0.2) is 14.8 Å². The number of imidazole rings is 6. The summed E-state index contributed by atoms with van der Waals surface area (Å²) in [5.41, 5.74) is 37.1. The third-order valence-corrected chi connectivity index (χ3v) is 17.5. The van der Waals surface area contributed by atoms with Gasteiger partial charge in [-0.1, -0.05) is 0 Å². The summed E-state index contributed by atoms with van der Waals surface area (Å²) in [7, 11) is -14.5. The van der Waals surface area contributed by atoms with Crippen LogP contribution in [0.3, 0.4) is 0 Å². The number of nitrogens with one attached hydrogen (secondary N) is 3. The normalized spacial score (nSPS) is 13.6. The number of H-pyrrole nitrogens is 3. The molecule has 1 aliphatic heterocycles. The fourth-order valence-corrected chi connectivity index (χ4v) is 11.8. The minimum atomic E-state index is -4.21. The first-order valence-corrected chi connectivity index (χ1v) is 42.6. The van der Waals surface area contributed by atoms with Crippen LogP contribution in [0.1, 0.15) is 55.4 Å². The Morgan fingerprint density at radius 2 is 0.862 bits per heavy atom. The van der Waals surface area contributed by atoms with Gasteiger partial charge in [0.1, 0.15) is 62.7 Å². The van der Waals surface area contributed by atoms with Gasteiger partial charge in [0.25, 0.3) is 11.1 Å². The fraction of sp³-hybridized carbons (Fsp3) is 0.459. The number of carbonyl (C=O) groups excluding carboxylic acids is 3. The number of fused-ring (bicyclic) bond motifs is 6. The molecule has 0 aromatic carbocycles. The Balaban J connectivity index is 0.000000380. The molecule has 62 heteroatoms. The van der Waals surface area contributed by atoms with Crippen molar-refractivity contribution >= 4 is 151 Å². The number of aromatic amines is 3. The van der Waals surface area contributed by atoms with Crippen LogP contribution >= 0.6 is 29.9 Å². The Morgan fingerprint density at radius 1 is 0.512 bits per heavy atom. The predicted octanol–water partition coefficient (Wildman–Crippen LogP) is 0.373. The van der Waals surface area contributed by atoms with Crippen molar-refractivity contribution in [1.82, 2.24) is 118 Å². The van der Waals surface area contributed by atoms with Crippen molar-refractivity contribution in [2.45, 2.75) is 125 Å². The molecule has 13 rings (SSSR count). The number of esters is 2. The number of nitrogens with two attached hydrogens (primary N) is 6. The molecule has 12 aromatic rings. The number of carbonyl (C=O) groups is 3. The van der Waals surface area contributed by atoms with Crippen LogP contribution in [-0.4, -0.2) is 256 Å². The molecule has 0 bridgehead atoms. The van der Waals surface area contributed by atoms with Gasteiger partial charge < -0.3 is 169 Å². The molecule has 20 N–H and O–H groups in total. The number of hydrogen-bond acceptors (Lipinski definition) is 42. The van der Waals surface area contributed by atoms with Gasteiger partial charge in [0.15, 0.2) is 22.3 Å². The van der Waals surface area contributed by atoms with Crippen molar-refractivity contribution in [2.24, 2.45) is 0 Å². The van der Waals surface area contributed by atoms with E-state index >= 15 is 0 Å². The van der Waals surface area contributed by atoms with E-state index in [1.54, 1.807) is 69.7 Å². The first-order chi connectivity index (χ1) is 55.9. The van der Waals surface area contributed by atoms with Gasteiger partial charge in [-0.15, -0.1) is 0 Å². The first kappa shape index (κ1) is 110. The molecule has 54 nitrogen and oxygen atoms in total. The Morgan fingerprint density at radius 3 is 1.20 bits per heavy atom. The Kier molecular flexibility index (Phi) is 46.1. The Hall–Kier alpha value is -7.19. The molecule has 12 aromatic heterocycles. The Labute approximate surface area is 797 Å². The van der Waals surface area contributed by atoms with E-state index < -0.39 is 116 Å². The van der Waals surface area contributed by atoms with Crippen LogP contribution in [0.25, 0.3) is 67.0 Å². The summed E-state index contributed by atoms with van der Waals surface area (Å²) < 4.78 is 103. The van der Waals surface area contributed by atoms with Crippen LogP contribution in [0.5, 0.6) is 0 Å². The van der Waals surface area contributed by atoms with E-state index in [9.17, 15) is 47.3 Å². The number of aromatic nitrogens is 24. The van der Waals surface area contributed by atoms with E-state index in [1.807, 2.05) is 11.5 Å². The number of aliphatic hydroxyl groups is 1. The van der Waals surface area contributed by atoms with Crippen molar-refractivity contribution < 1.29 is 235 Å². The molecule has 0 saturated carbocycles. The van der Waals surface area contributed by atoms with Crippen LogP contribution in [0, 0.1) is 24.8 Å². The minimum absolute atomic E-state index is 0. The third-order valence-electron chi connectivity index (χ3n) is 14.3. The topological polar surface area (TPSA) is 781 Å². The van der Waals surface area contributed by atoms with Crippen LogP contribution in [0.2, 0.25) is 0 Å². The summed E-state index contributed by atoms with van der Waals surface area (Å²) >= 11 is 0. The van der Waals surface area contributed by atoms with Gasteiger partial charge >= 0.3 is 40.9 Å². The van der Waals surface area contributed by atoms with Crippen LogP contribution in [0.4, 0.5) is 40.5 Å². The van der Waals surface area contributed by atoms with E-state index in [1.165, 1.54) is 34.4 Å². The van der Waals surface area contributed by atoms with E-state index in [2.05, 4.69) is 138 Å². The average Bonchev–Trinajstić information content (AvgIpc) is 1.82. The van der Waals surface area contributed by atoms with Gasteiger partial charge in [-0.05, 0) is 85.2 Å². The fourth-order valence-electron chi connectivity index (χ4n) is 9.24. The summed E-state index contributed by atoms with van der Waals surface area (Å²) in [5, 5.41) is 9.22. The van der Waals surface area contributed by atoms with E-state index in [0.29, 0.717) is 70.9 Å². The van der Waals surface area contributed by atoms with Gasteiger partial charge in [-0.3, -0.25) is 71.8 Å². The second kappa shape index (κ2) is 51.6. The van der Waals surface area contributed by atoms with Crippen LogP contribution in [0.15, 0.2) is 47.6 Å². The van der Waals surface area contributed by atoms with Crippen molar-refractivity contribution in [3.63, 3.8) is 0 Å². The molecule has 0 spiro atoms. The molecule has 660 valence electrons. The maximum atomic E-state index is 12.7. The van der Waals surface area contributed by atoms with Crippen molar-refractivity contribution in [1.29, 1.82) is 0 Å². The summed E-state index contributed by atoms with van der Waals surface area (Å²) in [6, 6.07) is 0. The maximum absolute atomic E-state index is 12.7. The SMILES string of the molecule is CC(=O)OCOP(=O)(CO[C@H](C)Cn1cnc2c(=O)[nH]c(N)nc21)OCOC(C)=O.C[C@@H](O)Cn1cnc2[c-]nc(N)nc21.C[C@@H]1COC(=O)O1.C[C@H](Cn1cnc2[c-]nc(N)nc21)OCP(=O)(O)O.C[C@H](Cn1cnc2[c-]nc(N)nc21)OCP(C)(C)=O.C[C@H](Cn1cnc2c(=O)[nH]c(N)nc21)OCP(=O)(O)O.Nc1n[c-]c2[nH]cnc2n1.[Y].[Y].[Y].[Y]. The number of cyclic esters (lactones) is 2. The zero-order chi connectivity index (χ0) is 87.7. The molecule has 1 aliphatic rings. The van der Waals surface area contributed by atoms with Crippen molar-refractivity contribution in [2.75, 3.05) is 93.3 Å². The number of nitrogen functional groups attached to an aromatic ring is 6. The number of ether oxygens (including phenoxy) is 8. The summed E-state index contributed by atoms with van der Waals surface area (Å²) in [4.78, 5) is 160. The maximum Gasteiger partial charge on any atom is 0.508 e. The van der Waals surface area contributed by atoms with Gasteiger partial charge in [-0.2, -0.15) is 9.97 Å². The molecule has 123 heavy (non-hydrogen) atoms. The predicted molar refractivity (Wildman–Crippen MR) is 418 cm³/mol. The quantitative estimate of drug-likeness (QED) is 0.0104. The van der Waals surface area contributed by atoms with Crippen LogP contribution < -0.4 is 45.5 Å². The molecular formula is C61H86N30O24P4Y4-4. The molecule has 13 heterocycles. The average molecular weight is 2100 g/mol. The van der Waals surface area contributed by atoms with E-state index in [4.69, 9.17) is 82.0 Å².